The molecular formula is C20H18N3O4S-. The molecule has 0 aliphatic rings. The molecule has 3 aromatic carbocycles. The molecule has 0 heterocycles. The number of ether oxygens (including phenoxy) is 1. The van der Waals surface area contributed by atoms with Crippen molar-refractivity contribution < 1.29 is 14.7 Å². The Kier molecular flexibility index (Phi) is 6.15. The Morgan fingerprint density at radius 1 is 1.21 bits per heavy atom. The van der Waals surface area contributed by atoms with Crippen LogP contribution in [0, 0.1) is 5.21 Å². The first-order valence-electron chi connectivity index (χ1n) is 8.31. The van der Waals surface area contributed by atoms with Gasteiger partial charge < -0.3 is 20.9 Å². The Balaban J connectivity index is 1.73. The van der Waals surface area contributed by atoms with E-state index in [1.54, 1.807) is 0 Å². The van der Waals surface area contributed by atoms with Crippen molar-refractivity contribution in [3.05, 3.63) is 71.4 Å². The number of ketones is 1. The van der Waals surface area contributed by atoms with Gasteiger partial charge in [-0.3, -0.25) is 10.0 Å². The summed E-state index contributed by atoms with van der Waals surface area (Å²) < 4.78 is 4.98. The van der Waals surface area contributed by atoms with Crippen LogP contribution in [0.25, 0.3) is 10.8 Å². The first-order valence-corrected chi connectivity index (χ1v) is 9.30. The number of benzene rings is 3. The summed E-state index contributed by atoms with van der Waals surface area (Å²) in [4.78, 5) is 16.8. The number of carbonyl (C=O) groups is 1. The maximum atomic E-state index is 12.4. The normalized spacial score (nSPS) is 11.5. The molecule has 8 heteroatoms. The zero-order chi connectivity index (χ0) is 20.1. The fourth-order valence-corrected chi connectivity index (χ4v) is 3.30. The van der Waals surface area contributed by atoms with Crippen LogP contribution in [0.5, 0.6) is 5.75 Å². The van der Waals surface area contributed by atoms with Crippen LogP contribution in [0.4, 0.5) is 11.4 Å². The van der Waals surface area contributed by atoms with Crippen LogP contribution in [-0.2, 0) is 0 Å². The molecule has 0 fully saturated rings. The second kappa shape index (κ2) is 8.75. The summed E-state index contributed by atoms with van der Waals surface area (Å²) in [5.74, 6) is -0.0542. The number of fused-ring (bicyclic) bond motifs is 1. The Morgan fingerprint density at radius 2 is 1.96 bits per heavy atom. The lowest BCUT2D eigenvalue weighted by Gasteiger charge is -2.24. The van der Waals surface area contributed by atoms with Crippen LogP contribution >= 0.6 is 11.8 Å². The first-order chi connectivity index (χ1) is 13.5. The van der Waals surface area contributed by atoms with Crippen molar-refractivity contribution in [1.82, 2.24) is 0 Å². The number of nitrogens with zero attached hydrogens (tertiary/aromatic N) is 2. The van der Waals surface area contributed by atoms with Crippen molar-refractivity contribution in [3.63, 3.8) is 0 Å². The Labute approximate surface area is 166 Å². The van der Waals surface area contributed by atoms with Gasteiger partial charge >= 0.3 is 0 Å². The summed E-state index contributed by atoms with van der Waals surface area (Å²) >= 11 is 1.10. The summed E-state index contributed by atoms with van der Waals surface area (Å²) in [6.07, 6.45) is 0. The minimum absolute atomic E-state index is 0.0379. The summed E-state index contributed by atoms with van der Waals surface area (Å²) in [5, 5.41) is 22.3. The maximum Gasteiger partial charge on any atom is 0.173 e. The van der Waals surface area contributed by atoms with E-state index >= 15 is 0 Å². The number of thioether (sulfide) groups is 1. The number of methoxy groups -OCH3 is 1. The topological polar surface area (TPSA) is 111 Å². The van der Waals surface area contributed by atoms with Crippen molar-refractivity contribution in [3.8, 4) is 5.75 Å². The molecule has 0 saturated heterocycles. The van der Waals surface area contributed by atoms with E-state index in [-0.39, 0.29) is 38.9 Å². The minimum atomic E-state index is -0.334. The highest BCUT2D eigenvalue weighted by molar-refractivity contribution is 8.14. The zero-order valence-electron chi connectivity index (χ0n) is 15.0. The lowest BCUT2D eigenvalue weighted by molar-refractivity contribution is 0.102. The van der Waals surface area contributed by atoms with Crippen LogP contribution in [-0.4, -0.2) is 29.0 Å². The van der Waals surface area contributed by atoms with Crippen molar-refractivity contribution in [2.45, 2.75) is 0 Å². The molecule has 0 amide bonds. The summed E-state index contributed by atoms with van der Waals surface area (Å²) in [7, 11) is 1.37. The van der Waals surface area contributed by atoms with E-state index in [1.807, 2.05) is 42.5 Å². The van der Waals surface area contributed by atoms with Gasteiger partial charge in [0, 0.05) is 10.9 Å². The molecule has 0 aliphatic heterocycles. The van der Waals surface area contributed by atoms with E-state index in [9.17, 15) is 10.0 Å². The quantitative estimate of drug-likeness (QED) is 0.279. The molecule has 0 atom stereocenters. The predicted octanol–water partition coefficient (Wildman–Crippen LogP) is 4.10. The van der Waals surface area contributed by atoms with Gasteiger partial charge in [-0.1, -0.05) is 48.2 Å². The molecule has 3 aromatic rings. The largest absolute Gasteiger partial charge is 0.733 e. The number of anilines is 1. The molecule has 0 aliphatic carbocycles. The van der Waals surface area contributed by atoms with E-state index in [0.717, 1.165) is 28.2 Å². The molecule has 144 valence electrons. The second-order valence-corrected chi connectivity index (χ2v) is 6.82. The van der Waals surface area contributed by atoms with E-state index < -0.39 is 0 Å². The summed E-state index contributed by atoms with van der Waals surface area (Å²) in [6.45, 7) is 0. The Morgan fingerprint density at radius 3 is 2.71 bits per heavy atom. The number of rotatable bonds is 6. The van der Waals surface area contributed by atoms with E-state index in [0.29, 0.717) is 0 Å². The fraction of sp³-hybridized carbons (Fsp3) is 0.100. The Bertz CT molecular complexity index is 1030. The average molecular weight is 396 g/mol. The maximum absolute atomic E-state index is 12.4. The van der Waals surface area contributed by atoms with Gasteiger partial charge in [0.1, 0.15) is 5.75 Å². The van der Waals surface area contributed by atoms with Crippen molar-refractivity contribution >= 4 is 44.9 Å². The third kappa shape index (κ3) is 4.42. The number of nitrogens with two attached hydrogens (primary N) is 1. The van der Waals surface area contributed by atoms with Gasteiger partial charge in [0.15, 0.2) is 11.0 Å². The van der Waals surface area contributed by atoms with Crippen LogP contribution in [0.2, 0.25) is 0 Å². The van der Waals surface area contributed by atoms with Gasteiger partial charge in [-0.15, -0.1) is 0 Å². The highest BCUT2D eigenvalue weighted by Gasteiger charge is 2.12. The highest BCUT2D eigenvalue weighted by atomic mass is 32.2. The number of amidine groups is 1. The van der Waals surface area contributed by atoms with Crippen LogP contribution in [0.3, 0.4) is 0 Å². The number of Topliss-reactive ketones (excluding diaryl/α,β-unsaturated/α-hetero) is 1. The van der Waals surface area contributed by atoms with Gasteiger partial charge in [0.2, 0.25) is 0 Å². The third-order valence-electron chi connectivity index (χ3n) is 4.06. The standard InChI is InChI=1S/C20H18N3O4S/c1-27-19-10-9-14(11-17(19)23(25)26)18(24)12-28-20(21)22-16-8-4-6-13-5-2-3-7-15(13)16/h2-11,25H,12H2,1H3,(H2,21,22)/q-1. The number of aliphatic imine (C=N–C) groups is 1. The molecule has 0 saturated carbocycles. The van der Waals surface area contributed by atoms with Gasteiger partial charge in [-0.2, -0.15) is 0 Å². The molecule has 0 unspecified atom stereocenters. The molecule has 3 rings (SSSR count). The molecule has 0 aromatic heterocycles. The van der Waals surface area contributed by atoms with Gasteiger partial charge in [-0.25, -0.2) is 4.99 Å². The van der Waals surface area contributed by atoms with E-state index in [2.05, 4.69) is 4.99 Å². The molecule has 28 heavy (non-hydrogen) atoms. The lowest BCUT2D eigenvalue weighted by atomic mass is 10.1. The Hall–Kier alpha value is -3.07. The second-order valence-electron chi connectivity index (χ2n) is 5.82. The number of carbonyl (C=O) groups excluding carboxylic acids is 1. The fourth-order valence-electron chi connectivity index (χ4n) is 2.69. The van der Waals surface area contributed by atoms with E-state index in [4.69, 9.17) is 15.7 Å². The predicted molar refractivity (Wildman–Crippen MR) is 113 cm³/mol. The van der Waals surface area contributed by atoms with Gasteiger partial charge in [0.05, 0.1) is 24.2 Å². The molecule has 0 radical (unpaired) electrons. The molecular weight excluding hydrogens is 378 g/mol. The SMILES string of the molecule is COc1ccc(C(=O)CSC(N)=Nc2cccc3ccccc23)cc1N([O-])O. The van der Waals surface area contributed by atoms with Gasteiger partial charge in [0.25, 0.3) is 0 Å². The zero-order valence-corrected chi connectivity index (χ0v) is 15.8. The average Bonchev–Trinajstić information content (AvgIpc) is 2.71. The van der Waals surface area contributed by atoms with Crippen LogP contribution in [0.1, 0.15) is 10.4 Å². The smallest absolute Gasteiger partial charge is 0.173 e. The van der Waals surface area contributed by atoms with Crippen molar-refractivity contribution in [2.75, 3.05) is 18.1 Å². The van der Waals surface area contributed by atoms with Crippen molar-refractivity contribution in [2.24, 2.45) is 10.7 Å². The van der Waals surface area contributed by atoms with Crippen molar-refractivity contribution in [1.29, 1.82) is 0 Å². The molecule has 0 bridgehead atoms. The van der Waals surface area contributed by atoms with Crippen LogP contribution < -0.4 is 15.7 Å². The van der Waals surface area contributed by atoms with Gasteiger partial charge in [-0.05, 0) is 29.7 Å². The summed E-state index contributed by atoms with van der Waals surface area (Å²) in [5.41, 5.74) is 6.83. The third-order valence-corrected chi connectivity index (χ3v) is 4.85. The minimum Gasteiger partial charge on any atom is -0.733 e. The lowest BCUT2D eigenvalue weighted by Crippen LogP contribution is -2.13. The highest BCUT2D eigenvalue weighted by Crippen LogP contribution is 2.29. The van der Waals surface area contributed by atoms with Crippen LogP contribution in [0.15, 0.2) is 65.7 Å². The number of hydrogen-bond acceptors (Lipinski definition) is 7. The first kappa shape index (κ1) is 19.7. The van der Waals surface area contributed by atoms with E-state index in [1.165, 1.54) is 25.3 Å². The monoisotopic (exact) mass is 396 g/mol. The molecule has 0 spiro atoms. The molecule has 7 nitrogen and oxygen atoms in total. The summed E-state index contributed by atoms with van der Waals surface area (Å²) in [6, 6.07) is 17.8. The number of hydrogen-bond donors (Lipinski definition) is 2. The molecule has 3 N–H and O–H groups in total.